The number of ether oxygens (including phenoxy) is 1. The smallest absolute Gasteiger partial charge is 0.251 e. The van der Waals surface area contributed by atoms with Gasteiger partial charge < -0.3 is 15.0 Å². The average Bonchev–Trinajstić information content (AvgIpc) is 3.16. The Bertz CT molecular complexity index is 845. The molecule has 1 amide bonds. The molecule has 0 radical (unpaired) electrons. The van der Waals surface area contributed by atoms with Gasteiger partial charge in [0.25, 0.3) is 5.91 Å². The molecule has 0 aliphatic carbocycles. The summed E-state index contributed by atoms with van der Waals surface area (Å²) in [5, 5.41) is 3.15. The summed E-state index contributed by atoms with van der Waals surface area (Å²) in [6, 6.07) is 15.6. The molecule has 26 heavy (non-hydrogen) atoms. The average molecular weight is 349 g/mol. The molecule has 0 unspecified atom stereocenters. The van der Waals surface area contributed by atoms with Crippen LogP contribution in [0.1, 0.15) is 27.2 Å². The number of aryl methyl sites for hydroxylation is 1. The fraction of sp³-hybridized carbons (Fsp3) is 0.238. The van der Waals surface area contributed by atoms with Crippen LogP contribution >= 0.6 is 0 Å². The highest BCUT2D eigenvalue weighted by atomic mass is 16.5. The summed E-state index contributed by atoms with van der Waals surface area (Å²) < 4.78 is 5.33. The van der Waals surface area contributed by atoms with E-state index in [1.807, 2.05) is 37.3 Å². The molecule has 0 saturated heterocycles. The second-order valence-electron chi connectivity index (χ2n) is 6.33. The van der Waals surface area contributed by atoms with Gasteiger partial charge in [0.1, 0.15) is 5.75 Å². The van der Waals surface area contributed by atoms with Crippen LogP contribution in [0.25, 0.3) is 0 Å². The van der Waals surface area contributed by atoms with E-state index >= 15 is 0 Å². The number of nitrogens with zero attached hydrogens (tertiary/aromatic N) is 1. The van der Waals surface area contributed by atoms with Crippen molar-refractivity contribution in [1.29, 1.82) is 0 Å². The number of amides is 1. The van der Waals surface area contributed by atoms with Crippen LogP contribution in [0.4, 0.5) is 0 Å². The molecule has 3 aromatic rings. The maximum atomic E-state index is 12.8. The number of nitrogens with one attached hydrogen (secondary N) is 2. The fourth-order valence-electron chi connectivity index (χ4n) is 2.96. The first-order valence-corrected chi connectivity index (χ1v) is 8.62. The van der Waals surface area contributed by atoms with Gasteiger partial charge in [0.15, 0.2) is 0 Å². The monoisotopic (exact) mass is 349 g/mol. The predicted molar refractivity (Wildman–Crippen MR) is 101 cm³/mol. The molecular weight excluding hydrogens is 326 g/mol. The summed E-state index contributed by atoms with van der Waals surface area (Å²) in [6.45, 7) is 1.96. The number of imidazole rings is 1. The number of H-pyrrole nitrogens is 1. The summed E-state index contributed by atoms with van der Waals surface area (Å²) in [4.78, 5) is 19.9. The molecule has 2 aromatic carbocycles. The van der Waals surface area contributed by atoms with E-state index < -0.39 is 0 Å². The molecule has 2 N–H and O–H groups in total. The van der Waals surface area contributed by atoms with E-state index in [1.54, 1.807) is 25.7 Å². The summed E-state index contributed by atoms with van der Waals surface area (Å²) in [5.74, 6) is 0.606. The molecule has 0 aliphatic heterocycles. The third-order valence-corrected chi connectivity index (χ3v) is 4.35. The number of carbonyl (C=O) groups excluding carboxylic acids is 1. The van der Waals surface area contributed by atoms with Crippen LogP contribution in [0, 0.1) is 6.92 Å². The molecule has 134 valence electrons. The lowest BCUT2D eigenvalue weighted by molar-refractivity contribution is 0.0936. The van der Waals surface area contributed by atoms with Crippen LogP contribution < -0.4 is 10.1 Å². The zero-order chi connectivity index (χ0) is 18.4. The van der Waals surface area contributed by atoms with Crippen LogP contribution in [0.3, 0.4) is 0 Å². The van der Waals surface area contributed by atoms with Crippen LogP contribution in [0.5, 0.6) is 5.75 Å². The zero-order valence-electron chi connectivity index (χ0n) is 15.0. The molecular formula is C21H23N3O2. The molecule has 1 atom stereocenters. The first-order chi connectivity index (χ1) is 12.7. The minimum absolute atomic E-state index is 0.0438. The van der Waals surface area contributed by atoms with E-state index in [9.17, 15) is 4.79 Å². The van der Waals surface area contributed by atoms with Gasteiger partial charge in [-0.3, -0.25) is 4.79 Å². The Morgan fingerprint density at radius 3 is 2.69 bits per heavy atom. The number of aromatic nitrogens is 2. The van der Waals surface area contributed by atoms with Crippen molar-refractivity contribution in [3.63, 3.8) is 0 Å². The molecule has 0 spiro atoms. The van der Waals surface area contributed by atoms with Crippen LogP contribution in [-0.2, 0) is 12.8 Å². The molecule has 3 rings (SSSR count). The van der Waals surface area contributed by atoms with E-state index in [4.69, 9.17) is 4.74 Å². The normalized spacial score (nSPS) is 11.8. The van der Waals surface area contributed by atoms with Gasteiger partial charge in [0.2, 0.25) is 0 Å². The van der Waals surface area contributed by atoms with Gasteiger partial charge >= 0.3 is 0 Å². The predicted octanol–water partition coefficient (Wildman–Crippen LogP) is 3.31. The number of methoxy groups -OCH3 is 1. The Balaban J connectivity index is 1.76. The maximum Gasteiger partial charge on any atom is 0.251 e. The molecule has 0 fully saturated rings. The minimum atomic E-state index is -0.108. The molecule has 0 bridgehead atoms. The second-order valence-corrected chi connectivity index (χ2v) is 6.33. The van der Waals surface area contributed by atoms with Crippen molar-refractivity contribution in [1.82, 2.24) is 15.3 Å². The highest BCUT2D eigenvalue weighted by Gasteiger charge is 2.17. The molecule has 5 heteroatoms. The van der Waals surface area contributed by atoms with Crippen LogP contribution in [-0.4, -0.2) is 29.0 Å². The van der Waals surface area contributed by atoms with Crippen molar-refractivity contribution in [2.75, 3.05) is 7.11 Å². The molecule has 1 heterocycles. The summed E-state index contributed by atoms with van der Waals surface area (Å²) in [5.41, 5.74) is 3.77. The van der Waals surface area contributed by atoms with E-state index in [1.165, 1.54) is 5.56 Å². The number of hydrogen-bond donors (Lipinski definition) is 2. The number of rotatable bonds is 7. The van der Waals surface area contributed by atoms with Gasteiger partial charge in [0, 0.05) is 29.9 Å². The zero-order valence-corrected chi connectivity index (χ0v) is 15.0. The van der Waals surface area contributed by atoms with Crippen molar-refractivity contribution in [2.24, 2.45) is 0 Å². The van der Waals surface area contributed by atoms with Gasteiger partial charge in [-0.1, -0.05) is 36.4 Å². The Labute approximate surface area is 153 Å². The SMILES string of the molecule is COc1cc(C(=O)N[C@@H](Cc2ccccc2)Cc2cnc[nH]2)ccc1C. The lowest BCUT2D eigenvalue weighted by Gasteiger charge is -2.19. The molecule has 5 nitrogen and oxygen atoms in total. The fourth-order valence-corrected chi connectivity index (χ4v) is 2.96. The summed E-state index contributed by atoms with van der Waals surface area (Å²) in [7, 11) is 1.61. The highest BCUT2D eigenvalue weighted by Crippen LogP contribution is 2.19. The number of carbonyl (C=O) groups is 1. The Kier molecular flexibility index (Phi) is 5.69. The highest BCUT2D eigenvalue weighted by molar-refractivity contribution is 5.95. The molecule has 0 aliphatic rings. The van der Waals surface area contributed by atoms with Crippen LogP contribution in [0.2, 0.25) is 0 Å². The van der Waals surface area contributed by atoms with E-state index in [0.717, 1.165) is 17.7 Å². The Morgan fingerprint density at radius 2 is 2.00 bits per heavy atom. The Morgan fingerprint density at radius 1 is 1.19 bits per heavy atom. The molecule has 1 aromatic heterocycles. The maximum absolute atomic E-state index is 12.8. The third kappa shape index (κ3) is 4.51. The van der Waals surface area contributed by atoms with Gasteiger partial charge in [-0.2, -0.15) is 0 Å². The number of hydrogen-bond acceptors (Lipinski definition) is 3. The van der Waals surface area contributed by atoms with Gasteiger partial charge in [-0.15, -0.1) is 0 Å². The van der Waals surface area contributed by atoms with Crippen molar-refractivity contribution >= 4 is 5.91 Å². The Hall–Kier alpha value is -3.08. The van der Waals surface area contributed by atoms with Crippen molar-refractivity contribution < 1.29 is 9.53 Å². The van der Waals surface area contributed by atoms with E-state index in [2.05, 4.69) is 27.4 Å². The largest absolute Gasteiger partial charge is 0.496 e. The minimum Gasteiger partial charge on any atom is -0.496 e. The lowest BCUT2D eigenvalue weighted by Crippen LogP contribution is -2.38. The van der Waals surface area contributed by atoms with Gasteiger partial charge in [0.05, 0.1) is 13.4 Å². The van der Waals surface area contributed by atoms with E-state index in [-0.39, 0.29) is 11.9 Å². The van der Waals surface area contributed by atoms with E-state index in [0.29, 0.717) is 17.7 Å². The first kappa shape index (κ1) is 17.7. The van der Waals surface area contributed by atoms with Gasteiger partial charge in [-0.05, 0) is 36.6 Å². The number of aromatic amines is 1. The van der Waals surface area contributed by atoms with Crippen molar-refractivity contribution in [2.45, 2.75) is 25.8 Å². The first-order valence-electron chi connectivity index (χ1n) is 8.62. The van der Waals surface area contributed by atoms with Crippen molar-refractivity contribution in [3.05, 3.63) is 83.4 Å². The van der Waals surface area contributed by atoms with Crippen LogP contribution in [0.15, 0.2) is 61.1 Å². The standard InChI is InChI=1S/C21H23N3O2/c1-15-8-9-17(11-20(15)26-2)21(25)24-18(12-19-13-22-14-23-19)10-16-6-4-3-5-7-16/h3-9,11,13-14,18H,10,12H2,1-2H3,(H,22,23)(H,24,25)/t18-/m0/s1. The topological polar surface area (TPSA) is 67.0 Å². The van der Waals surface area contributed by atoms with Crippen molar-refractivity contribution in [3.8, 4) is 5.75 Å². The second kappa shape index (κ2) is 8.34. The third-order valence-electron chi connectivity index (χ3n) is 4.35. The summed E-state index contributed by atoms with van der Waals surface area (Å²) >= 11 is 0. The summed E-state index contributed by atoms with van der Waals surface area (Å²) in [6.07, 6.45) is 4.87. The molecule has 0 saturated carbocycles. The van der Waals surface area contributed by atoms with Gasteiger partial charge in [-0.25, -0.2) is 4.98 Å². The number of benzene rings is 2. The quantitative estimate of drug-likeness (QED) is 0.688. The lowest BCUT2D eigenvalue weighted by atomic mass is 10.0.